The van der Waals surface area contributed by atoms with E-state index < -0.39 is 36.0 Å². The quantitative estimate of drug-likeness (QED) is 0.674. The summed E-state index contributed by atoms with van der Waals surface area (Å²) in [6.45, 7) is -0.498. The molecule has 6 amide bonds. The van der Waals surface area contributed by atoms with Gasteiger partial charge >= 0.3 is 12.1 Å². The number of rotatable bonds is 2. The second-order valence-corrected chi connectivity index (χ2v) is 5.86. The Labute approximate surface area is 138 Å². The SMILES string of the molecule is CNC(=O)NC(=O)CN1C(=O)N[C@@]2(CCCc3ccccc32)C1=O. The third kappa shape index (κ3) is 2.49. The van der Waals surface area contributed by atoms with Gasteiger partial charge in [0.2, 0.25) is 5.91 Å². The highest BCUT2D eigenvalue weighted by Crippen LogP contribution is 2.39. The molecule has 1 aliphatic carbocycles. The summed E-state index contributed by atoms with van der Waals surface area (Å²) in [6, 6.07) is 6.19. The van der Waals surface area contributed by atoms with Crippen molar-refractivity contribution in [2.24, 2.45) is 0 Å². The van der Waals surface area contributed by atoms with Gasteiger partial charge < -0.3 is 10.6 Å². The van der Waals surface area contributed by atoms with Crippen molar-refractivity contribution in [1.29, 1.82) is 0 Å². The van der Waals surface area contributed by atoms with Crippen molar-refractivity contribution in [3.63, 3.8) is 0 Å². The lowest BCUT2D eigenvalue weighted by Crippen LogP contribution is -2.48. The molecule has 3 rings (SSSR count). The first kappa shape index (κ1) is 16.0. The van der Waals surface area contributed by atoms with Crippen molar-refractivity contribution in [2.75, 3.05) is 13.6 Å². The summed E-state index contributed by atoms with van der Waals surface area (Å²) < 4.78 is 0. The largest absolute Gasteiger partial charge is 0.341 e. The average molecular weight is 330 g/mol. The third-order valence-corrected chi connectivity index (χ3v) is 4.43. The fourth-order valence-corrected chi connectivity index (χ4v) is 3.33. The Bertz CT molecular complexity index is 733. The lowest BCUT2D eigenvalue weighted by molar-refractivity contribution is -0.135. The van der Waals surface area contributed by atoms with Gasteiger partial charge in [0, 0.05) is 7.05 Å². The fraction of sp³-hybridized carbons (Fsp3) is 0.375. The number of benzene rings is 1. The normalized spacial score (nSPS) is 22.1. The van der Waals surface area contributed by atoms with Crippen LogP contribution < -0.4 is 16.0 Å². The summed E-state index contributed by atoms with van der Waals surface area (Å²) in [4.78, 5) is 49.0. The molecular weight excluding hydrogens is 312 g/mol. The number of carbonyl (C=O) groups excluding carboxylic acids is 4. The molecule has 3 N–H and O–H groups in total. The molecule has 0 radical (unpaired) electrons. The smallest absolute Gasteiger partial charge is 0.325 e. The third-order valence-electron chi connectivity index (χ3n) is 4.43. The van der Waals surface area contributed by atoms with Crippen molar-refractivity contribution in [2.45, 2.75) is 24.8 Å². The first-order chi connectivity index (χ1) is 11.5. The number of nitrogens with zero attached hydrogens (tertiary/aromatic N) is 1. The number of hydrogen-bond acceptors (Lipinski definition) is 4. The van der Waals surface area contributed by atoms with Gasteiger partial charge in [-0.05, 0) is 30.4 Å². The van der Waals surface area contributed by atoms with E-state index in [1.165, 1.54) is 7.05 Å². The molecule has 0 saturated carbocycles. The molecule has 24 heavy (non-hydrogen) atoms. The van der Waals surface area contributed by atoms with E-state index in [2.05, 4.69) is 10.6 Å². The second kappa shape index (κ2) is 5.95. The van der Waals surface area contributed by atoms with Crippen LogP contribution in [0.2, 0.25) is 0 Å². The van der Waals surface area contributed by atoms with Crippen LogP contribution in [0, 0.1) is 0 Å². The number of urea groups is 2. The molecule has 1 spiro atoms. The van der Waals surface area contributed by atoms with Gasteiger partial charge in [-0.1, -0.05) is 24.3 Å². The fourth-order valence-electron chi connectivity index (χ4n) is 3.33. The predicted molar refractivity (Wildman–Crippen MR) is 83.9 cm³/mol. The zero-order chi connectivity index (χ0) is 17.3. The number of nitrogens with one attached hydrogen (secondary N) is 3. The van der Waals surface area contributed by atoms with Gasteiger partial charge in [0.05, 0.1) is 0 Å². The summed E-state index contributed by atoms with van der Waals surface area (Å²) in [7, 11) is 1.37. The minimum absolute atomic E-state index is 0.452. The Kier molecular flexibility index (Phi) is 3.96. The van der Waals surface area contributed by atoms with Gasteiger partial charge in [0.25, 0.3) is 5.91 Å². The van der Waals surface area contributed by atoms with Gasteiger partial charge in [-0.15, -0.1) is 0 Å². The number of imide groups is 2. The highest BCUT2D eigenvalue weighted by atomic mass is 16.2. The molecule has 8 heteroatoms. The molecule has 0 unspecified atom stereocenters. The van der Waals surface area contributed by atoms with E-state index in [-0.39, 0.29) is 0 Å². The zero-order valence-electron chi connectivity index (χ0n) is 13.2. The lowest BCUT2D eigenvalue weighted by atomic mass is 9.76. The van der Waals surface area contributed by atoms with Crippen LogP contribution in [0.3, 0.4) is 0 Å². The predicted octanol–water partition coefficient (Wildman–Crippen LogP) is 0.226. The lowest BCUT2D eigenvalue weighted by Gasteiger charge is -2.33. The van der Waals surface area contributed by atoms with Crippen LogP contribution in [-0.4, -0.2) is 42.4 Å². The molecule has 8 nitrogen and oxygen atoms in total. The van der Waals surface area contributed by atoms with Crippen LogP contribution in [0.4, 0.5) is 9.59 Å². The molecule has 1 aromatic carbocycles. The Balaban J connectivity index is 1.85. The van der Waals surface area contributed by atoms with E-state index in [1.807, 2.05) is 29.6 Å². The topological polar surface area (TPSA) is 108 Å². The van der Waals surface area contributed by atoms with Crippen LogP contribution in [0.15, 0.2) is 24.3 Å². The van der Waals surface area contributed by atoms with Crippen molar-refractivity contribution >= 4 is 23.9 Å². The van der Waals surface area contributed by atoms with Crippen LogP contribution in [-0.2, 0) is 21.5 Å². The summed E-state index contributed by atoms with van der Waals surface area (Å²) in [5, 5.41) is 7.04. The highest BCUT2D eigenvalue weighted by molar-refractivity contribution is 6.10. The summed E-state index contributed by atoms with van der Waals surface area (Å²) >= 11 is 0. The number of carbonyl (C=O) groups is 4. The molecule has 0 aromatic heterocycles. The maximum atomic E-state index is 12.9. The maximum absolute atomic E-state index is 12.9. The van der Waals surface area contributed by atoms with E-state index in [1.54, 1.807) is 0 Å². The first-order valence-corrected chi connectivity index (χ1v) is 7.72. The van der Waals surface area contributed by atoms with Crippen molar-refractivity contribution < 1.29 is 19.2 Å². The van der Waals surface area contributed by atoms with Gasteiger partial charge in [-0.3, -0.25) is 19.8 Å². The molecule has 0 bridgehead atoms. The molecule has 1 heterocycles. The summed E-state index contributed by atoms with van der Waals surface area (Å²) in [5.41, 5.74) is 0.692. The monoisotopic (exact) mass is 330 g/mol. The molecule has 1 aliphatic heterocycles. The first-order valence-electron chi connectivity index (χ1n) is 7.72. The standard InChI is InChI=1S/C16H18N4O4/c1-17-14(23)18-12(21)9-20-13(22)16(19-15(20)24)8-4-6-10-5-2-3-7-11(10)16/h2-3,5,7H,4,6,8-9H2,1H3,(H,19,24)(H2,17,18,21,23)/t16-/m1/s1. The van der Waals surface area contributed by atoms with Gasteiger partial charge in [0.1, 0.15) is 12.1 Å². The zero-order valence-corrected chi connectivity index (χ0v) is 13.2. The van der Waals surface area contributed by atoms with Crippen LogP contribution in [0.1, 0.15) is 24.0 Å². The van der Waals surface area contributed by atoms with Crippen LogP contribution >= 0.6 is 0 Å². The van der Waals surface area contributed by atoms with Gasteiger partial charge in [-0.25, -0.2) is 9.59 Å². The summed E-state index contributed by atoms with van der Waals surface area (Å²) in [6.07, 6.45) is 2.10. The second-order valence-electron chi connectivity index (χ2n) is 5.86. The summed E-state index contributed by atoms with van der Waals surface area (Å²) in [5.74, 6) is -1.18. The minimum Gasteiger partial charge on any atom is -0.341 e. The average Bonchev–Trinajstić information content (AvgIpc) is 2.80. The van der Waals surface area contributed by atoms with E-state index >= 15 is 0 Å². The Morgan fingerprint density at radius 2 is 2.04 bits per heavy atom. The molecule has 1 fully saturated rings. The Hall–Kier alpha value is -2.90. The highest BCUT2D eigenvalue weighted by Gasteiger charge is 2.54. The number of aryl methyl sites for hydroxylation is 1. The number of hydrogen-bond donors (Lipinski definition) is 3. The Morgan fingerprint density at radius 1 is 1.29 bits per heavy atom. The van der Waals surface area contributed by atoms with Crippen molar-refractivity contribution in [1.82, 2.24) is 20.9 Å². The number of amides is 6. The van der Waals surface area contributed by atoms with E-state index in [9.17, 15) is 19.2 Å². The number of fused-ring (bicyclic) bond motifs is 2. The van der Waals surface area contributed by atoms with E-state index in [0.29, 0.717) is 6.42 Å². The Morgan fingerprint density at radius 3 is 2.79 bits per heavy atom. The van der Waals surface area contributed by atoms with Crippen LogP contribution in [0.5, 0.6) is 0 Å². The van der Waals surface area contributed by atoms with E-state index in [4.69, 9.17) is 0 Å². The minimum atomic E-state index is -1.11. The molecule has 126 valence electrons. The van der Waals surface area contributed by atoms with Gasteiger partial charge in [0.15, 0.2) is 0 Å². The molecule has 1 atom stereocenters. The van der Waals surface area contributed by atoms with Crippen molar-refractivity contribution in [3.8, 4) is 0 Å². The van der Waals surface area contributed by atoms with Crippen molar-refractivity contribution in [3.05, 3.63) is 35.4 Å². The molecule has 1 aromatic rings. The van der Waals surface area contributed by atoms with E-state index in [0.717, 1.165) is 28.9 Å². The molecule has 1 saturated heterocycles. The molecular formula is C16H18N4O4. The maximum Gasteiger partial charge on any atom is 0.325 e. The van der Waals surface area contributed by atoms with Crippen LogP contribution in [0.25, 0.3) is 0 Å². The van der Waals surface area contributed by atoms with Gasteiger partial charge in [-0.2, -0.15) is 0 Å². The molecule has 2 aliphatic rings.